The van der Waals surface area contributed by atoms with Gasteiger partial charge in [0.05, 0.1) is 11.9 Å². The van der Waals surface area contributed by atoms with Gasteiger partial charge in [0.2, 0.25) is 6.79 Å². The molecule has 1 amide bonds. The standard InChI is InChI=1S/C19H14FN3O3/c20-12-1-3-13(4-2-12)23-19(24)16-7-5-15(10-21-16)22-14-6-8-17-18(9-14)26-11-25-17/h1-10,22H,11H2,(H,23,24). The van der Waals surface area contributed by atoms with Crippen molar-refractivity contribution in [1.29, 1.82) is 0 Å². The van der Waals surface area contributed by atoms with Crippen molar-refractivity contribution >= 4 is 23.0 Å². The van der Waals surface area contributed by atoms with Crippen LogP contribution in [0.3, 0.4) is 0 Å². The number of pyridine rings is 1. The van der Waals surface area contributed by atoms with Crippen LogP contribution in [-0.2, 0) is 0 Å². The fraction of sp³-hybridized carbons (Fsp3) is 0.0526. The van der Waals surface area contributed by atoms with Crippen LogP contribution < -0.4 is 20.1 Å². The maximum atomic E-state index is 12.9. The van der Waals surface area contributed by atoms with Crippen LogP contribution >= 0.6 is 0 Å². The van der Waals surface area contributed by atoms with E-state index in [4.69, 9.17) is 9.47 Å². The lowest BCUT2D eigenvalue weighted by atomic mass is 10.2. The first-order valence-corrected chi connectivity index (χ1v) is 7.87. The van der Waals surface area contributed by atoms with Gasteiger partial charge in [-0.25, -0.2) is 9.37 Å². The minimum absolute atomic E-state index is 0.220. The molecule has 7 heteroatoms. The summed E-state index contributed by atoms with van der Waals surface area (Å²) in [5, 5.41) is 5.85. The van der Waals surface area contributed by atoms with Crippen LogP contribution in [0.25, 0.3) is 0 Å². The summed E-state index contributed by atoms with van der Waals surface area (Å²) in [6, 6.07) is 14.4. The Hall–Kier alpha value is -3.61. The lowest BCUT2D eigenvalue weighted by Gasteiger charge is -2.08. The Kier molecular flexibility index (Phi) is 4.10. The molecule has 0 fully saturated rings. The molecule has 130 valence electrons. The summed E-state index contributed by atoms with van der Waals surface area (Å²) in [5.41, 5.74) is 2.30. The van der Waals surface area contributed by atoms with E-state index in [1.165, 1.54) is 24.3 Å². The van der Waals surface area contributed by atoms with Gasteiger partial charge in [-0.3, -0.25) is 4.79 Å². The maximum absolute atomic E-state index is 12.9. The Labute approximate surface area is 148 Å². The second-order valence-corrected chi connectivity index (χ2v) is 5.59. The van der Waals surface area contributed by atoms with Gasteiger partial charge in [-0.1, -0.05) is 0 Å². The highest BCUT2D eigenvalue weighted by molar-refractivity contribution is 6.02. The number of nitrogens with zero attached hydrogens (tertiary/aromatic N) is 1. The third-order valence-electron chi connectivity index (χ3n) is 3.76. The number of carbonyl (C=O) groups excluding carboxylic acids is 1. The van der Waals surface area contributed by atoms with Crippen LogP contribution in [0.15, 0.2) is 60.8 Å². The summed E-state index contributed by atoms with van der Waals surface area (Å²) in [6.45, 7) is 0.220. The molecule has 6 nitrogen and oxygen atoms in total. The normalized spacial score (nSPS) is 11.9. The third kappa shape index (κ3) is 3.41. The monoisotopic (exact) mass is 351 g/mol. The number of nitrogens with one attached hydrogen (secondary N) is 2. The van der Waals surface area contributed by atoms with Gasteiger partial charge < -0.3 is 20.1 Å². The van der Waals surface area contributed by atoms with Crippen molar-refractivity contribution in [2.75, 3.05) is 17.4 Å². The SMILES string of the molecule is O=C(Nc1ccc(F)cc1)c1ccc(Nc2ccc3c(c2)OCO3)cn1. The topological polar surface area (TPSA) is 72.5 Å². The summed E-state index contributed by atoms with van der Waals surface area (Å²) in [5.74, 6) is 0.658. The van der Waals surface area contributed by atoms with Gasteiger partial charge in [0.25, 0.3) is 5.91 Å². The summed E-state index contributed by atoms with van der Waals surface area (Å²) < 4.78 is 23.5. The first-order valence-electron chi connectivity index (χ1n) is 7.87. The molecule has 0 atom stereocenters. The van der Waals surface area contributed by atoms with Crippen LogP contribution in [-0.4, -0.2) is 17.7 Å². The minimum Gasteiger partial charge on any atom is -0.454 e. The van der Waals surface area contributed by atoms with Crippen molar-refractivity contribution in [3.63, 3.8) is 0 Å². The number of rotatable bonds is 4. The summed E-state index contributed by atoms with van der Waals surface area (Å²) >= 11 is 0. The Balaban J connectivity index is 1.43. The number of anilines is 3. The fourth-order valence-electron chi connectivity index (χ4n) is 2.47. The molecule has 1 aliphatic heterocycles. The van der Waals surface area contributed by atoms with Crippen LogP contribution in [0.4, 0.5) is 21.5 Å². The molecule has 1 aromatic heterocycles. The van der Waals surface area contributed by atoms with Gasteiger partial charge in [-0.2, -0.15) is 0 Å². The molecule has 0 unspecified atom stereocenters. The molecule has 3 aromatic rings. The predicted molar refractivity (Wildman–Crippen MR) is 94.4 cm³/mol. The highest BCUT2D eigenvalue weighted by Crippen LogP contribution is 2.35. The number of benzene rings is 2. The first-order chi connectivity index (χ1) is 12.7. The van der Waals surface area contributed by atoms with Gasteiger partial charge in [-0.15, -0.1) is 0 Å². The van der Waals surface area contributed by atoms with Gasteiger partial charge in [0, 0.05) is 17.4 Å². The predicted octanol–water partition coefficient (Wildman–Crippen LogP) is 3.95. The molecule has 26 heavy (non-hydrogen) atoms. The fourth-order valence-corrected chi connectivity index (χ4v) is 2.47. The molecule has 0 radical (unpaired) electrons. The molecule has 0 bridgehead atoms. The number of halogens is 1. The zero-order valence-electron chi connectivity index (χ0n) is 13.5. The van der Waals surface area contributed by atoms with Crippen molar-refractivity contribution in [1.82, 2.24) is 4.98 Å². The Morgan fingerprint density at radius 3 is 2.42 bits per heavy atom. The summed E-state index contributed by atoms with van der Waals surface area (Å²) in [7, 11) is 0. The van der Waals surface area contributed by atoms with E-state index in [0.717, 1.165) is 11.4 Å². The molecule has 0 saturated heterocycles. The molecule has 2 aromatic carbocycles. The number of hydrogen-bond donors (Lipinski definition) is 2. The number of hydrogen-bond acceptors (Lipinski definition) is 5. The van der Waals surface area contributed by atoms with Crippen molar-refractivity contribution in [3.05, 3.63) is 72.3 Å². The molecular formula is C19H14FN3O3. The van der Waals surface area contributed by atoms with Gasteiger partial charge in [0.15, 0.2) is 11.5 Å². The molecule has 2 N–H and O–H groups in total. The minimum atomic E-state index is -0.369. The van der Waals surface area contributed by atoms with E-state index in [1.54, 1.807) is 18.3 Å². The van der Waals surface area contributed by atoms with Crippen molar-refractivity contribution in [3.8, 4) is 11.5 Å². The van der Waals surface area contributed by atoms with Crippen molar-refractivity contribution in [2.45, 2.75) is 0 Å². The van der Waals surface area contributed by atoms with E-state index in [-0.39, 0.29) is 24.2 Å². The van der Waals surface area contributed by atoms with E-state index >= 15 is 0 Å². The van der Waals surface area contributed by atoms with Gasteiger partial charge in [0.1, 0.15) is 11.5 Å². The molecule has 0 aliphatic carbocycles. The van der Waals surface area contributed by atoms with E-state index in [9.17, 15) is 9.18 Å². The summed E-state index contributed by atoms with van der Waals surface area (Å²) in [4.78, 5) is 16.3. The highest BCUT2D eigenvalue weighted by Gasteiger charge is 2.13. The number of aromatic nitrogens is 1. The molecule has 0 saturated carbocycles. The van der Waals surface area contributed by atoms with E-state index in [1.807, 2.05) is 18.2 Å². The number of fused-ring (bicyclic) bond motifs is 1. The van der Waals surface area contributed by atoms with E-state index in [2.05, 4.69) is 15.6 Å². The maximum Gasteiger partial charge on any atom is 0.274 e. The van der Waals surface area contributed by atoms with E-state index < -0.39 is 0 Å². The third-order valence-corrected chi connectivity index (χ3v) is 3.76. The quantitative estimate of drug-likeness (QED) is 0.745. The molecule has 4 rings (SSSR count). The Bertz CT molecular complexity index is 943. The van der Waals surface area contributed by atoms with Crippen LogP contribution in [0, 0.1) is 5.82 Å². The number of amides is 1. The average molecular weight is 351 g/mol. The van der Waals surface area contributed by atoms with Crippen molar-refractivity contribution < 1.29 is 18.7 Å². The lowest BCUT2D eigenvalue weighted by molar-refractivity contribution is 0.102. The second kappa shape index (κ2) is 6.72. The Morgan fingerprint density at radius 2 is 1.65 bits per heavy atom. The smallest absolute Gasteiger partial charge is 0.274 e. The number of carbonyl (C=O) groups is 1. The molecule has 1 aliphatic rings. The molecule has 2 heterocycles. The molecule has 0 spiro atoms. The Morgan fingerprint density at radius 1 is 0.923 bits per heavy atom. The van der Waals surface area contributed by atoms with Gasteiger partial charge >= 0.3 is 0 Å². The van der Waals surface area contributed by atoms with Crippen LogP contribution in [0.1, 0.15) is 10.5 Å². The van der Waals surface area contributed by atoms with Crippen LogP contribution in [0.5, 0.6) is 11.5 Å². The highest BCUT2D eigenvalue weighted by atomic mass is 19.1. The van der Waals surface area contributed by atoms with E-state index in [0.29, 0.717) is 17.2 Å². The zero-order valence-corrected chi connectivity index (χ0v) is 13.5. The first kappa shape index (κ1) is 15.9. The average Bonchev–Trinajstić information content (AvgIpc) is 3.12. The van der Waals surface area contributed by atoms with Gasteiger partial charge in [-0.05, 0) is 48.5 Å². The molecular weight excluding hydrogens is 337 g/mol. The second-order valence-electron chi connectivity index (χ2n) is 5.59. The van der Waals surface area contributed by atoms with Crippen LogP contribution in [0.2, 0.25) is 0 Å². The number of ether oxygens (including phenoxy) is 2. The zero-order chi connectivity index (χ0) is 17.9. The lowest BCUT2D eigenvalue weighted by Crippen LogP contribution is -2.13. The largest absolute Gasteiger partial charge is 0.454 e. The van der Waals surface area contributed by atoms with Crippen molar-refractivity contribution in [2.24, 2.45) is 0 Å². The summed E-state index contributed by atoms with van der Waals surface area (Å²) in [6.07, 6.45) is 1.56.